The van der Waals surface area contributed by atoms with Crippen LogP contribution in [0.2, 0.25) is 0 Å². The fraction of sp³-hybridized carbons (Fsp3) is 0.647. The third kappa shape index (κ3) is 6.74. The topological polar surface area (TPSA) is 15.3 Å². The summed E-state index contributed by atoms with van der Waals surface area (Å²) in [6, 6.07) is 11.2. The molecule has 2 heteroatoms. The van der Waals surface area contributed by atoms with Crippen LogP contribution in [0.15, 0.2) is 30.3 Å². The first-order valence-corrected chi connectivity index (χ1v) is 7.39. The van der Waals surface area contributed by atoms with Crippen molar-refractivity contribution in [2.75, 3.05) is 26.7 Å². The van der Waals surface area contributed by atoms with Gasteiger partial charge in [0.2, 0.25) is 0 Å². The molecule has 1 atom stereocenters. The molecule has 0 bridgehead atoms. The van der Waals surface area contributed by atoms with Crippen LogP contribution >= 0.6 is 0 Å². The number of hydrogen-bond donors (Lipinski definition) is 1. The van der Waals surface area contributed by atoms with Crippen molar-refractivity contribution in [1.29, 1.82) is 0 Å². The van der Waals surface area contributed by atoms with Gasteiger partial charge in [0, 0.05) is 12.6 Å². The third-order valence-electron chi connectivity index (χ3n) is 3.20. The van der Waals surface area contributed by atoms with Crippen molar-refractivity contribution in [3.63, 3.8) is 0 Å². The maximum atomic E-state index is 3.59. The second-order valence-corrected chi connectivity index (χ2v) is 6.61. The van der Waals surface area contributed by atoms with Gasteiger partial charge in [0.05, 0.1) is 0 Å². The van der Waals surface area contributed by atoms with Crippen LogP contribution in [0.1, 0.15) is 45.7 Å². The lowest BCUT2D eigenvalue weighted by Crippen LogP contribution is -2.32. The molecule has 0 aliphatic carbocycles. The summed E-state index contributed by atoms with van der Waals surface area (Å²) < 4.78 is 0. The molecule has 0 aliphatic rings. The van der Waals surface area contributed by atoms with Crippen molar-refractivity contribution < 1.29 is 0 Å². The van der Waals surface area contributed by atoms with Crippen molar-refractivity contribution in [1.82, 2.24) is 10.2 Å². The quantitative estimate of drug-likeness (QED) is 0.806. The molecule has 0 heterocycles. The fourth-order valence-electron chi connectivity index (χ4n) is 2.56. The van der Waals surface area contributed by atoms with E-state index in [1.165, 1.54) is 5.56 Å². The first-order chi connectivity index (χ1) is 8.92. The number of nitrogens with one attached hydrogen (secondary N) is 1. The molecule has 19 heavy (non-hydrogen) atoms. The van der Waals surface area contributed by atoms with Crippen LogP contribution < -0.4 is 5.32 Å². The highest BCUT2D eigenvalue weighted by molar-refractivity contribution is 5.18. The molecule has 2 nitrogen and oxygen atoms in total. The summed E-state index contributed by atoms with van der Waals surface area (Å²) in [5.41, 5.74) is 1.77. The SMILES string of the molecule is CCNC(CCN(C)CC(C)(C)C)c1ccccc1. The van der Waals surface area contributed by atoms with Crippen LogP contribution in [-0.4, -0.2) is 31.6 Å². The van der Waals surface area contributed by atoms with Crippen molar-refractivity contribution in [3.05, 3.63) is 35.9 Å². The average Bonchev–Trinajstić information content (AvgIpc) is 2.33. The zero-order valence-corrected chi connectivity index (χ0v) is 13.2. The highest BCUT2D eigenvalue weighted by Crippen LogP contribution is 2.19. The van der Waals surface area contributed by atoms with E-state index in [0.717, 1.165) is 26.1 Å². The van der Waals surface area contributed by atoms with Gasteiger partial charge in [-0.1, -0.05) is 58.0 Å². The summed E-state index contributed by atoms with van der Waals surface area (Å²) in [6.07, 6.45) is 1.16. The second-order valence-electron chi connectivity index (χ2n) is 6.61. The predicted octanol–water partition coefficient (Wildman–Crippen LogP) is 3.71. The minimum Gasteiger partial charge on any atom is -0.310 e. The Morgan fingerprint density at radius 2 is 1.79 bits per heavy atom. The number of rotatable bonds is 7. The number of nitrogens with zero attached hydrogens (tertiary/aromatic N) is 1. The standard InChI is InChI=1S/C17H30N2/c1-6-18-16(15-10-8-7-9-11-15)12-13-19(5)14-17(2,3)4/h7-11,16,18H,6,12-14H2,1-5H3. The zero-order chi connectivity index (χ0) is 14.3. The van der Waals surface area contributed by atoms with Crippen LogP contribution in [0.5, 0.6) is 0 Å². The molecule has 0 aromatic heterocycles. The first-order valence-electron chi connectivity index (χ1n) is 7.39. The lowest BCUT2D eigenvalue weighted by molar-refractivity contribution is 0.218. The van der Waals surface area contributed by atoms with E-state index in [0.29, 0.717) is 11.5 Å². The molecule has 0 aliphatic heterocycles. The average molecular weight is 262 g/mol. The summed E-state index contributed by atoms with van der Waals surface area (Å²) in [6.45, 7) is 12.3. The molecule has 1 aromatic rings. The Bertz CT molecular complexity index is 340. The molecule has 0 spiro atoms. The number of benzene rings is 1. The first kappa shape index (κ1) is 16.2. The minimum atomic E-state index is 0.370. The summed E-state index contributed by atoms with van der Waals surface area (Å²) in [7, 11) is 2.22. The lowest BCUT2D eigenvalue weighted by atomic mass is 9.96. The molecule has 0 saturated carbocycles. The van der Waals surface area contributed by atoms with E-state index in [4.69, 9.17) is 0 Å². The van der Waals surface area contributed by atoms with Gasteiger partial charge in [0.25, 0.3) is 0 Å². The van der Waals surface area contributed by atoms with E-state index in [-0.39, 0.29) is 0 Å². The van der Waals surface area contributed by atoms with Gasteiger partial charge in [-0.3, -0.25) is 0 Å². The Kier molecular flexibility index (Phi) is 6.53. The molecule has 0 radical (unpaired) electrons. The summed E-state index contributed by atoms with van der Waals surface area (Å²) in [5, 5.41) is 3.59. The van der Waals surface area contributed by atoms with E-state index in [2.05, 4.69) is 75.3 Å². The van der Waals surface area contributed by atoms with Gasteiger partial charge in [0.15, 0.2) is 0 Å². The summed E-state index contributed by atoms with van der Waals surface area (Å²) in [5.74, 6) is 0. The summed E-state index contributed by atoms with van der Waals surface area (Å²) in [4.78, 5) is 2.44. The maximum absolute atomic E-state index is 3.59. The highest BCUT2D eigenvalue weighted by Gasteiger charge is 2.15. The zero-order valence-electron chi connectivity index (χ0n) is 13.2. The molecule has 1 aromatic carbocycles. The largest absolute Gasteiger partial charge is 0.310 e. The molecule has 108 valence electrons. The molecular formula is C17H30N2. The smallest absolute Gasteiger partial charge is 0.0332 e. The monoisotopic (exact) mass is 262 g/mol. The van der Waals surface area contributed by atoms with Gasteiger partial charge >= 0.3 is 0 Å². The fourth-order valence-corrected chi connectivity index (χ4v) is 2.56. The van der Waals surface area contributed by atoms with Crippen molar-refractivity contribution in [2.24, 2.45) is 5.41 Å². The Balaban J connectivity index is 2.51. The third-order valence-corrected chi connectivity index (χ3v) is 3.20. The second kappa shape index (κ2) is 7.66. The van der Waals surface area contributed by atoms with Gasteiger partial charge in [-0.05, 0) is 37.5 Å². The van der Waals surface area contributed by atoms with E-state index in [1.54, 1.807) is 0 Å². The van der Waals surface area contributed by atoms with Gasteiger partial charge < -0.3 is 10.2 Å². The van der Waals surface area contributed by atoms with Crippen LogP contribution in [0.3, 0.4) is 0 Å². The number of hydrogen-bond acceptors (Lipinski definition) is 2. The van der Waals surface area contributed by atoms with Gasteiger partial charge in [0.1, 0.15) is 0 Å². The molecule has 1 unspecified atom stereocenters. The van der Waals surface area contributed by atoms with Gasteiger partial charge in [-0.25, -0.2) is 0 Å². The molecule has 1 N–H and O–H groups in total. The van der Waals surface area contributed by atoms with Crippen molar-refractivity contribution >= 4 is 0 Å². The van der Waals surface area contributed by atoms with Gasteiger partial charge in [-0.15, -0.1) is 0 Å². The molecular weight excluding hydrogens is 232 g/mol. The Labute approximate surface area is 119 Å². The summed E-state index contributed by atoms with van der Waals surface area (Å²) >= 11 is 0. The molecule has 0 amide bonds. The van der Waals surface area contributed by atoms with Crippen LogP contribution in [0.25, 0.3) is 0 Å². The Morgan fingerprint density at radius 3 is 2.32 bits per heavy atom. The van der Waals surface area contributed by atoms with Gasteiger partial charge in [-0.2, -0.15) is 0 Å². The van der Waals surface area contributed by atoms with E-state index >= 15 is 0 Å². The molecule has 0 fully saturated rings. The normalized spacial score (nSPS) is 13.8. The highest BCUT2D eigenvalue weighted by atomic mass is 15.1. The predicted molar refractivity (Wildman–Crippen MR) is 84.4 cm³/mol. The van der Waals surface area contributed by atoms with Crippen LogP contribution in [0, 0.1) is 5.41 Å². The Morgan fingerprint density at radius 1 is 1.16 bits per heavy atom. The van der Waals surface area contributed by atoms with Crippen LogP contribution in [-0.2, 0) is 0 Å². The van der Waals surface area contributed by atoms with E-state index < -0.39 is 0 Å². The maximum Gasteiger partial charge on any atom is 0.0332 e. The van der Waals surface area contributed by atoms with Crippen molar-refractivity contribution in [2.45, 2.75) is 40.2 Å². The Hall–Kier alpha value is -0.860. The van der Waals surface area contributed by atoms with E-state index in [1.807, 2.05) is 0 Å². The molecule has 0 saturated heterocycles. The molecule has 1 rings (SSSR count). The lowest BCUT2D eigenvalue weighted by Gasteiger charge is -2.28. The minimum absolute atomic E-state index is 0.370. The van der Waals surface area contributed by atoms with Crippen LogP contribution in [0.4, 0.5) is 0 Å². The van der Waals surface area contributed by atoms with E-state index in [9.17, 15) is 0 Å². The van der Waals surface area contributed by atoms with Crippen molar-refractivity contribution in [3.8, 4) is 0 Å².